The average Bonchev–Trinajstić information content (AvgIpc) is 2.42. The van der Waals surface area contributed by atoms with E-state index in [2.05, 4.69) is 15.6 Å². The first-order valence-electron chi connectivity index (χ1n) is 5.62. The zero-order chi connectivity index (χ0) is 14.7. The number of nitrogens with one attached hydrogen (secondary N) is 2. The highest BCUT2D eigenvalue weighted by Gasteiger charge is 2.14. The van der Waals surface area contributed by atoms with E-state index in [1.165, 1.54) is 0 Å². The van der Waals surface area contributed by atoms with E-state index in [1.54, 1.807) is 25.2 Å². The van der Waals surface area contributed by atoms with Gasteiger partial charge in [0.2, 0.25) is 0 Å². The number of hydrogen-bond acceptors (Lipinski definition) is 3. The number of hydrogen-bond donors (Lipinski definition) is 2. The third-order valence-corrected chi connectivity index (χ3v) is 3.08. The van der Waals surface area contributed by atoms with Crippen LogP contribution in [0.15, 0.2) is 30.3 Å². The van der Waals surface area contributed by atoms with Gasteiger partial charge in [-0.1, -0.05) is 29.3 Å². The van der Waals surface area contributed by atoms with E-state index in [1.807, 2.05) is 0 Å². The van der Waals surface area contributed by atoms with Gasteiger partial charge in [-0.05, 0) is 24.3 Å². The Morgan fingerprint density at radius 1 is 1.25 bits per heavy atom. The van der Waals surface area contributed by atoms with Gasteiger partial charge in [-0.25, -0.2) is 9.37 Å². The quantitative estimate of drug-likeness (QED) is 0.905. The molecule has 0 saturated heterocycles. The molecule has 2 rings (SSSR count). The molecule has 1 heterocycles. The van der Waals surface area contributed by atoms with Crippen molar-refractivity contribution in [3.8, 4) is 0 Å². The Morgan fingerprint density at radius 3 is 2.50 bits per heavy atom. The van der Waals surface area contributed by atoms with Gasteiger partial charge in [0.05, 0.1) is 15.7 Å². The van der Waals surface area contributed by atoms with Crippen molar-refractivity contribution < 1.29 is 9.18 Å². The Hall–Kier alpha value is -1.85. The lowest BCUT2D eigenvalue weighted by Crippen LogP contribution is -2.15. The Morgan fingerprint density at radius 2 is 1.90 bits per heavy atom. The normalized spacial score (nSPS) is 10.2. The second-order valence-corrected chi connectivity index (χ2v) is 4.67. The molecule has 0 unspecified atom stereocenters. The fourth-order valence-electron chi connectivity index (χ4n) is 1.54. The average molecular weight is 314 g/mol. The van der Waals surface area contributed by atoms with Gasteiger partial charge in [0.1, 0.15) is 17.3 Å². The van der Waals surface area contributed by atoms with E-state index in [0.717, 1.165) is 12.1 Å². The molecule has 0 aliphatic rings. The Kier molecular flexibility index (Phi) is 4.42. The van der Waals surface area contributed by atoms with Crippen LogP contribution in [0.5, 0.6) is 0 Å². The first-order chi connectivity index (χ1) is 9.51. The number of rotatable bonds is 3. The van der Waals surface area contributed by atoms with Crippen LogP contribution >= 0.6 is 23.2 Å². The Balaban J connectivity index is 2.28. The van der Waals surface area contributed by atoms with Gasteiger partial charge < -0.3 is 10.6 Å². The van der Waals surface area contributed by atoms with Crippen molar-refractivity contribution in [3.05, 3.63) is 51.9 Å². The van der Waals surface area contributed by atoms with Gasteiger partial charge in [0.15, 0.2) is 0 Å². The number of carbonyl (C=O) groups excluding carboxylic acids is 1. The summed E-state index contributed by atoms with van der Waals surface area (Å²) in [5, 5.41) is 5.38. The summed E-state index contributed by atoms with van der Waals surface area (Å²) in [5.41, 5.74) is 0.338. The summed E-state index contributed by atoms with van der Waals surface area (Å²) in [4.78, 5) is 16.1. The maximum Gasteiger partial charge on any atom is 0.274 e. The monoisotopic (exact) mass is 313 g/mol. The molecule has 2 N–H and O–H groups in total. The minimum Gasteiger partial charge on any atom is -0.373 e. The minimum atomic E-state index is -0.576. The largest absolute Gasteiger partial charge is 0.373 e. The molecule has 0 atom stereocenters. The zero-order valence-corrected chi connectivity index (χ0v) is 11.9. The summed E-state index contributed by atoms with van der Waals surface area (Å²) in [6, 6.07) is 7.08. The van der Waals surface area contributed by atoms with Crippen LogP contribution in [0.25, 0.3) is 0 Å². The standard InChI is InChI=1S/C13H10Cl2FN3O/c1-17-11-4-2-3-10(18-11)13(20)19-12-8(14)5-7(16)6-9(12)15/h2-6H,1H3,(H,17,18)(H,19,20). The zero-order valence-electron chi connectivity index (χ0n) is 10.4. The second-order valence-electron chi connectivity index (χ2n) is 3.86. The van der Waals surface area contributed by atoms with Crippen LogP contribution in [0.4, 0.5) is 15.9 Å². The summed E-state index contributed by atoms with van der Waals surface area (Å²) in [6.45, 7) is 0. The predicted molar refractivity (Wildman–Crippen MR) is 78.2 cm³/mol. The Bertz CT molecular complexity index is 641. The molecule has 0 aliphatic heterocycles. The molecule has 0 fully saturated rings. The molecule has 0 saturated carbocycles. The number of benzene rings is 1. The molecule has 2 aromatic rings. The van der Waals surface area contributed by atoms with Crippen LogP contribution in [0.1, 0.15) is 10.5 Å². The van der Waals surface area contributed by atoms with E-state index in [-0.39, 0.29) is 21.4 Å². The molecule has 104 valence electrons. The highest BCUT2D eigenvalue weighted by Crippen LogP contribution is 2.31. The third kappa shape index (κ3) is 3.18. The SMILES string of the molecule is CNc1cccc(C(=O)Nc2c(Cl)cc(F)cc2Cl)n1. The van der Waals surface area contributed by atoms with Crippen molar-refractivity contribution >= 4 is 40.6 Å². The van der Waals surface area contributed by atoms with E-state index in [0.29, 0.717) is 5.82 Å². The summed E-state index contributed by atoms with van der Waals surface area (Å²) in [5.74, 6) is -0.514. The van der Waals surface area contributed by atoms with Gasteiger partial charge in [-0.2, -0.15) is 0 Å². The highest BCUT2D eigenvalue weighted by atomic mass is 35.5. The molecule has 1 aromatic heterocycles. The number of nitrogens with zero attached hydrogens (tertiary/aromatic N) is 1. The lowest BCUT2D eigenvalue weighted by Gasteiger charge is -2.09. The smallest absolute Gasteiger partial charge is 0.274 e. The maximum atomic E-state index is 13.1. The van der Waals surface area contributed by atoms with E-state index < -0.39 is 11.7 Å². The Labute approximate surface area is 124 Å². The fourth-order valence-corrected chi connectivity index (χ4v) is 2.09. The minimum absolute atomic E-state index is 0.0214. The predicted octanol–water partition coefficient (Wildman–Crippen LogP) is 3.82. The van der Waals surface area contributed by atoms with Crippen molar-refractivity contribution in [2.45, 2.75) is 0 Å². The summed E-state index contributed by atoms with van der Waals surface area (Å²) < 4.78 is 13.1. The molecule has 0 bridgehead atoms. The number of anilines is 2. The van der Waals surface area contributed by atoms with Crippen LogP contribution < -0.4 is 10.6 Å². The van der Waals surface area contributed by atoms with Crippen molar-refractivity contribution in [3.63, 3.8) is 0 Å². The molecule has 0 spiro atoms. The molecule has 4 nitrogen and oxygen atoms in total. The topological polar surface area (TPSA) is 54.0 Å². The highest BCUT2D eigenvalue weighted by molar-refractivity contribution is 6.40. The molecule has 20 heavy (non-hydrogen) atoms. The van der Waals surface area contributed by atoms with Gasteiger partial charge in [-0.3, -0.25) is 4.79 Å². The summed E-state index contributed by atoms with van der Waals surface area (Å²) in [6.07, 6.45) is 0. The van der Waals surface area contributed by atoms with Gasteiger partial charge >= 0.3 is 0 Å². The number of carbonyl (C=O) groups is 1. The number of halogens is 3. The lowest BCUT2D eigenvalue weighted by atomic mass is 10.2. The summed E-state index contributed by atoms with van der Waals surface area (Å²) >= 11 is 11.7. The van der Waals surface area contributed by atoms with Crippen LogP contribution in [-0.2, 0) is 0 Å². The van der Waals surface area contributed by atoms with E-state index in [4.69, 9.17) is 23.2 Å². The van der Waals surface area contributed by atoms with Gasteiger partial charge in [-0.15, -0.1) is 0 Å². The lowest BCUT2D eigenvalue weighted by molar-refractivity contribution is 0.102. The van der Waals surface area contributed by atoms with Crippen LogP contribution in [0.2, 0.25) is 10.0 Å². The summed E-state index contributed by atoms with van der Waals surface area (Å²) in [7, 11) is 1.69. The van der Waals surface area contributed by atoms with Gasteiger partial charge in [0.25, 0.3) is 5.91 Å². The van der Waals surface area contributed by atoms with Crippen molar-refractivity contribution in [1.29, 1.82) is 0 Å². The molecule has 7 heteroatoms. The number of pyridine rings is 1. The first-order valence-corrected chi connectivity index (χ1v) is 6.37. The maximum absolute atomic E-state index is 13.1. The van der Waals surface area contributed by atoms with Crippen LogP contribution in [0, 0.1) is 5.82 Å². The molecule has 1 amide bonds. The molecular weight excluding hydrogens is 304 g/mol. The molecule has 0 radical (unpaired) electrons. The molecular formula is C13H10Cl2FN3O. The number of amides is 1. The first kappa shape index (κ1) is 14.6. The molecule has 1 aromatic carbocycles. The van der Waals surface area contributed by atoms with Crippen molar-refractivity contribution in [1.82, 2.24) is 4.98 Å². The number of aromatic nitrogens is 1. The van der Waals surface area contributed by atoms with Gasteiger partial charge in [0, 0.05) is 7.05 Å². The van der Waals surface area contributed by atoms with E-state index in [9.17, 15) is 9.18 Å². The van der Waals surface area contributed by atoms with Crippen LogP contribution in [-0.4, -0.2) is 17.9 Å². The second kappa shape index (κ2) is 6.07. The van der Waals surface area contributed by atoms with Crippen LogP contribution in [0.3, 0.4) is 0 Å². The van der Waals surface area contributed by atoms with Crippen molar-refractivity contribution in [2.75, 3.05) is 17.7 Å². The third-order valence-electron chi connectivity index (χ3n) is 2.48. The fraction of sp³-hybridized carbons (Fsp3) is 0.0769. The van der Waals surface area contributed by atoms with Crippen molar-refractivity contribution in [2.24, 2.45) is 0 Å². The van der Waals surface area contributed by atoms with E-state index >= 15 is 0 Å². The molecule has 0 aliphatic carbocycles.